The molecule has 8 heteroatoms. The molecule has 2 rings (SSSR count). The largest absolute Gasteiger partial charge is 0.304 e. The SMILES string of the molecule is C=C(Cl)CSc1ccc(S(=O)(=O)N2CCN(C)CC2)cn1. The summed E-state index contributed by atoms with van der Waals surface area (Å²) in [5.41, 5.74) is 0. The summed E-state index contributed by atoms with van der Waals surface area (Å²) in [4.78, 5) is 6.52. The Morgan fingerprint density at radius 3 is 2.57 bits per heavy atom. The molecule has 0 unspecified atom stereocenters. The molecule has 0 bridgehead atoms. The van der Waals surface area contributed by atoms with Gasteiger partial charge in [-0.2, -0.15) is 4.31 Å². The summed E-state index contributed by atoms with van der Waals surface area (Å²) in [5, 5.41) is 1.27. The van der Waals surface area contributed by atoms with Gasteiger partial charge in [-0.25, -0.2) is 13.4 Å². The van der Waals surface area contributed by atoms with Gasteiger partial charge in [0.25, 0.3) is 0 Å². The van der Waals surface area contributed by atoms with Gasteiger partial charge in [0.1, 0.15) is 4.90 Å². The van der Waals surface area contributed by atoms with Crippen LogP contribution in [-0.4, -0.2) is 61.6 Å². The number of rotatable bonds is 5. The Balaban J connectivity index is 2.08. The lowest BCUT2D eigenvalue weighted by molar-refractivity contribution is 0.222. The number of hydrogen-bond acceptors (Lipinski definition) is 5. The third-order valence-corrected chi connectivity index (χ3v) is 6.39. The Bertz CT molecular complexity index is 596. The molecule has 1 fully saturated rings. The van der Waals surface area contributed by atoms with Crippen molar-refractivity contribution >= 4 is 33.4 Å². The topological polar surface area (TPSA) is 53.5 Å². The van der Waals surface area contributed by atoms with Crippen molar-refractivity contribution in [1.82, 2.24) is 14.2 Å². The Hall–Kier alpha value is -0.600. The maximum Gasteiger partial charge on any atom is 0.244 e. The van der Waals surface area contributed by atoms with Crippen LogP contribution < -0.4 is 0 Å². The van der Waals surface area contributed by atoms with Gasteiger partial charge in [-0.1, -0.05) is 18.2 Å². The van der Waals surface area contributed by atoms with Crippen LogP contribution in [0.15, 0.2) is 39.9 Å². The number of hydrogen-bond donors (Lipinski definition) is 0. The van der Waals surface area contributed by atoms with E-state index in [0.29, 0.717) is 23.9 Å². The van der Waals surface area contributed by atoms with E-state index in [-0.39, 0.29) is 4.90 Å². The fraction of sp³-hybridized carbons (Fsp3) is 0.462. The Kier molecular flexibility index (Phi) is 5.67. The molecule has 0 amide bonds. The van der Waals surface area contributed by atoms with Gasteiger partial charge in [0.15, 0.2) is 0 Å². The molecule has 0 aromatic carbocycles. The third-order valence-electron chi connectivity index (χ3n) is 3.19. The molecule has 116 valence electrons. The molecule has 1 aromatic rings. The fourth-order valence-electron chi connectivity index (χ4n) is 1.93. The van der Waals surface area contributed by atoms with Gasteiger partial charge in [0.2, 0.25) is 10.0 Å². The van der Waals surface area contributed by atoms with Crippen molar-refractivity contribution in [3.05, 3.63) is 29.9 Å². The summed E-state index contributed by atoms with van der Waals surface area (Å²) in [6, 6.07) is 3.30. The monoisotopic (exact) mass is 347 g/mol. The number of nitrogens with zero attached hydrogens (tertiary/aromatic N) is 3. The average molecular weight is 348 g/mol. The smallest absolute Gasteiger partial charge is 0.244 e. The van der Waals surface area contributed by atoms with Gasteiger partial charge in [0, 0.05) is 43.2 Å². The lowest BCUT2D eigenvalue weighted by Crippen LogP contribution is -2.47. The van der Waals surface area contributed by atoms with Gasteiger partial charge in [-0.15, -0.1) is 11.8 Å². The van der Waals surface area contributed by atoms with Crippen LogP contribution in [0.1, 0.15) is 0 Å². The van der Waals surface area contributed by atoms with Crippen molar-refractivity contribution in [2.45, 2.75) is 9.92 Å². The van der Waals surface area contributed by atoms with E-state index in [9.17, 15) is 8.42 Å². The molecule has 21 heavy (non-hydrogen) atoms. The number of piperazine rings is 1. The lowest BCUT2D eigenvalue weighted by atomic mass is 10.4. The van der Waals surface area contributed by atoms with Crippen LogP contribution >= 0.6 is 23.4 Å². The highest BCUT2D eigenvalue weighted by atomic mass is 35.5. The maximum absolute atomic E-state index is 12.5. The predicted octanol–water partition coefficient (Wildman–Crippen LogP) is 1.86. The molecule has 1 saturated heterocycles. The molecule has 2 heterocycles. The van der Waals surface area contributed by atoms with Gasteiger partial charge >= 0.3 is 0 Å². The van der Waals surface area contributed by atoms with Crippen molar-refractivity contribution in [3.8, 4) is 0 Å². The van der Waals surface area contributed by atoms with Crippen LogP contribution in [0.3, 0.4) is 0 Å². The van der Waals surface area contributed by atoms with E-state index in [1.165, 1.54) is 22.3 Å². The summed E-state index contributed by atoms with van der Waals surface area (Å²) in [6.07, 6.45) is 1.41. The van der Waals surface area contributed by atoms with E-state index in [0.717, 1.165) is 18.1 Å². The molecule has 0 radical (unpaired) electrons. The van der Waals surface area contributed by atoms with Gasteiger partial charge in [-0.05, 0) is 19.2 Å². The third kappa shape index (κ3) is 4.43. The van der Waals surface area contributed by atoms with Gasteiger partial charge in [0.05, 0.1) is 5.03 Å². The van der Waals surface area contributed by atoms with Gasteiger partial charge in [-0.3, -0.25) is 0 Å². The van der Waals surface area contributed by atoms with Crippen molar-refractivity contribution in [2.24, 2.45) is 0 Å². The highest BCUT2D eigenvalue weighted by Gasteiger charge is 2.27. The van der Waals surface area contributed by atoms with E-state index in [1.807, 2.05) is 7.05 Å². The first-order valence-corrected chi connectivity index (χ1v) is 9.31. The Morgan fingerprint density at radius 1 is 1.38 bits per heavy atom. The number of thioether (sulfide) groups is 1. The van der Waals surface area contributed by atoms with E-state index >= 15 is 0 Å². The predicted molar refractivity (Wildman–Crippen MR) is 86.2 cm³/mol. The molecule has 1 aromatic heterocycles. The van der Waals surface area contributed by atoms with Crippen molar-refractivity contribution in [3.63, 3.8) is 0 Å². The molecule has 0 saturated carbocycles. The quantitative estimate of drug-likeness (QED) is 0.761. The minimum Gasteiger partial charge on any atom is -0.304 e. The Labute approximate surface area is 135 Å². The second-order valence-corrected chi connectivity index (χ2v) is 8.31. The van der Waals surface area contributed by atoms with Crippen LogP contribution in [0, 0.1) is 0 Å². The Morgan fingerprint density at radius 2 is 2.05 bits per heavy atom. The summed E-state index contributed by atoms with van der Waals surface area (Å²) in [5.74, 6) is 0.555. The van der Waals surface area contributed by atoms with E-state index < -0.39 is 10.0 Å². The molecule has 0 N–H and O–H groups in total. The molecule has 0 aliphatic carbocycles. The van der Waals surface area contributed by atoms with Crippen molar-refractivity contribution < 1.29 is 8.42 Å². The zero-order valence-electron chi connectivity index (χ0n) is 11.8. The highest BCUT2D eigenvalue weighted by Crippen LogP contribution is 2.22. The minimum atomic E-state index is -3.44. The first kappa shape index (κ1) is 16.8. The molecular weight excluding hydrogens is 330 g/mol. The zero-order valence-corrected chi connectivity index (χ0v) is 14.2. The maximum atomic E-state index is 12.5. The number of pyridine rings is 1. The number of sulfonamides is 1. The van der Waals surface area contributed by atoms with Crippen LogP contribution in [0.4, 0.5) is 0 Å². The molecule has 5 nitrogen and oxygen atoms in total. The van der Waals surface area contributed by atoms with Gasteiger partial charge < -0.3 is 4.90 Å². The number of likely N-dealkylation sites (N-methyl/N-ethyl adjacent to an activating group) is 1. The van der Waals surface area contributed by atoms with E-state index in [1.54, 1.807) is 12.1 Å². The van der Waals surface area contributed by atoms with Crippen LogP contribution in [0.25, 0.3) is 0 Å². The number of aromatic nitrogens is 1. The second kappa shape index (κ2) is 7.11. The van der Waals surface area contributed by atoms with E-state index in [2.05, 4.69) is 16.5 Å². The summed E-state index contributed by atoms with van der Waals surface area (Å²) < 4.78 is 26.5. The first-order chi connectivity index (χ1) is 9.89. The standard InChI is InChI=1S/C13H18ClN3O2S2/c1-11(14)10-20-13-4-3-12(9-15-13)21(18,19)17-7-5-16(2)6-8-17/h3-4,9H,1,5-8,10H2,2H3. The van der Waals surface area contributed by atoms with Crippen molar-refractivity contribution in [2.75, 3.05) is 39.0 Å². The molecule has 1 aliphatic rings. The summed E-state index contributed by atoms with van der Waals surface area (Å²) >= 11 is 7.12. The fourth-order valence-corrected chi connectivity index (χ4v) is 4.06. The zero-order chi connectivity index (χ0) is 15.5. The van der Waals surface area contributed by atoms with Crippen LogP contribution in [0.2, 0.25) is 0 Å². The normalized spacial score (nSPS) is 17.8. The minimum absolute atomic E-state index is 0.237. The van der Waals surface area contributed by atoms with Crippen molar-refractivity contribution in [1.29, 1.82) is 0 Å². The molecular formula is C13H18ClN3O2S2. The first-order valence-electron chi connectivity index (χ1n) is 6.50. The molecule has 0 atom stereocenters. The average Bonchev–Trinajstić information content (AvgIpc) is 2.46. The summed E-state index contributed by atoms with van der Waals surface area (Å²) in [6.45, 7) is 6.13. The van der Waals surface area contributed by atoms with E-state index in [4.69, 9.17) is 11.6 Å². The number of halogens is 1. The summed E-state index contributed by atoms with van der Waals surface area (Å²) in [7, 11) is -1.45. The molecule has 0 spiro atoms. The lowest BCUT2D eigenvalue weighted by Gasteiger charge is -2.31. The van der Waals surface area contributed by atoms with Crippen LogP contribution in [0.5, 0.6) is 0 Å². The highest BCUT2D eigenvalue weighted by molar-refractivity contribution is 7.99. The second-order valence-electron chi connectivity index (χ2n) is 4.85. The van der Waals surface area contributed by atoms with Crippen LogP contribution in [-0.2, 0) is 10.0 Å². The molecule has 1 aliphatic heterocycles.